The van der Waals surface area contributed by atoms with Gasteiger partial charge in [-0.05, 0) is 25.5 Å². The van der Waals surface area contributed by atoms with Crippen molar-refractivity contribution in [3.8, 4) is 0 Å². The van der Waals surface area contributed by atoms with Crippen molar-refractivity contribution in [2.24, 2.45) is 0 Å². The first-order valence-electron chi connectivity index (χ1n) is 6.09. The molecule has 0 fully saturated rings. The van der Waals surface area contributed by atoms with Crippen LogP contribution in [-0.4, -0.2) is 23.6 Å². The molecule has 0 spiro atoms. The number of aromatic nitrogens is 1. The van der Waals surface area contributed by atoms with Gasteiger partial charge in [0.2, 0.25) is 0 Å². The lowest BCUT2D eigenvalue weighted by Gasteiger charge is -2.27. The summed E-state index contributed by atoms with van der Waals surface area (Å²) in [5.41, 5.74) is 1.48. The van der Waals surface area contributed by atoms with Crippen LogP contribution in [-0.2, 0) is 9.53 Å². The molecule has 0 aliphatic carbocycles. The summed E-state index contributed by atoms with van der Waals surface area (Å²) in [5, 5.41) is 5.58. The molecular weight excluding hydrogens is 282 g/mol. The Morgan fingerprint density at radius 1 is 1.50 bits per heavy atom. The fourth-order valence-electron chi connectivity index (χ4n) is 1.98. The van der Waals surface area contributed by atoms with E-state index in [1.807, 2.05) is 0 Å². The quantitative estimate of drug-likeness (QED) is 0.659. The van der Waals surface area contributed by atoms with Gasteiger partial charge in [0, 0.05) is 11.9 Å². The number of carbonyl (C=O) groups is 2. The zero-order chi connectivity index (χ0) is 14.7. The molecule has 1 aromatic heterocycles. The third-order valence-electron chi connectivity index (χ3n) is 2.85. The van der Waals surface area contributed by atoms with Gasteiger partial charge in [0.25, 0.3) is 0 Å². The number of rotatable bonds is 3. The predicted molar refractivity (Wildman–Crippen MR) is 73.0 cm³/mol. The van der Waals surface area contributed by atoms with Crippen LogP contribution in [0.3, 0.4) is 0 Å². The highest BCUT2D eigenvalue weighted by molar-refractivity contribution is 6.29. The fraction of sp³-hybridized carbons (Fsp3) is 0.308. The number of nitrogens with zero attached hydrogens (tertiary/aromatic N) is 1. The van der Waals surface area contributed by atoms with E-state index in [0.29, 0.717) is 22.0 Å². The van der Waals surface area contributed by atoms with Gasteiger partial charge in [-0.3, -0.25) is 0 Å². The molecule has 0 saturated carbocycles. The molecule has 0 bridgehead atoms. The molecule has 0 saturated heterocycles. The topological polar surface area (TPSA) is 80.3 Å². The van der Waals surface area contributed by atoms with Gasteiger partial charge in [-0.25, -0.2) is 14.6 Å². The van der Waals surface area contributed by atoms with Gasteiger partial charge >= 0.3 is 12.0 Å². The number of pyridine rings is 1. The van der Waals surface area contributed by atoms with Crippen molar-refractivity contribution in [2.45, 2.75) is 19.9 Å². The summed E-state index contributed by atoms with van der Waals surface area (Å²) in [7, 11) is 0. The van der Waals surface area contributed by atoms with E-state index in [1.165, 1.54) is 6.20 Å². The maximum atomic E-state index is 12.0. The van der Waals surface area contributed by atoms with Crippen LogP contribution < -0.4 is 10.6 Å². The number of ether oxygens (including phenoxy) is 1. The van der Waals surface area contributed by atoms with Crippen molar-refractivity contribution >= 4 is 23.6 Å². The van der Waals surface area contributed by atoms with Gasteiger partial charge in [-0.2, -0.15) is 0 Å². The predicted octanol–water partition coefficient (Wildman–Crippen LogP) is 1.93. The van der Waals surface area contributed by atoms with Crippen LogP contribution >= 0.6 is 11.6 Å². The molecule has 2 heterocycles. The molecule has 7 heteroatoms. The molecule has 20 heavy (non-hydrogen) atoms. The van der Waals surface area contributed by atoms with Crippen LogP contribution in [0.4, 0.5) is 4.79 Å². The van der Waals surface area contributed by atoms with Crippen molar-refractivity contribution in [2.75, 3.05) is 6.61 Å². The van der Waals surface area contributed by atoms with E-state index < -0.39 is 12.0 Å². The zero-order valence-corrected chi connectivity index (χ0v) is 11.8. The third-order valence-corrected chi connectivity index (χ3v) is 3.07. The summed E-state index contributed by atoms with van der Waals surface area (Å²) in [6.07, 6.45) is 1.52. The Balaban J connectivity index is 2.41. The second-order valence-corrected chi connectivity index (χ2v) is 4.59. The standard InChI is InChI=1S/C13H14ClN3O3/c1-3-20-12(18)10-7(2)16-13(19)17-11(10)8-4-5-9(14)15-6-8/h4-6,11H,3H2,1-2H3,(H2,16,17,19). The number of hydrogen-bond acceptors (Lipinski definition) is 4. The van der Waals surface area contributed by atoms with Gasteiger partial charge in [0.1, 0.15) is 5.15 Å². The Hall–Kier alpha value is -2.08. The van der Waals surface area contributed by atoms with E-state index in [1.54, 1.807) is 26.0 Å². The molecule has 1 aliphatic rings. The minimum atomic E-state index is -0.604. The average Bonchev–Trinajstić information content (AvgIpc) is 2.38. The summed E-state index contributed by atoms with van der Waals surface area (Å²) < 4.78 is 5.03. The van der Waals surface area contributed by atoms with E-state index in [0.717, 1.165) is 0 Å². The molecular formula is C13H14ClN3O3. The monoisotopic (exact) mass is 295 g/mol. The number of nitrogens with one attached hydrogen (secondary N) is 2. The Morgan fingerprint density at radius 2 is 2.25 bits per heavy atom. The lowest BCUT2D eigenvalue weighted by molar-refractivity contribution is -0.139. The van der Waals surface area contributed by atoms with Gasteiger partial charge in [0.15, 0.2) is 0 Å². The highest BCUT2D eigenvalue weighted by atomic mass is 35.5. The molecule has 2 rings (SSSR count). The maximum absolute atomic E-state index is 12.0. The number of halogens is 1. The van der Waals surface area contributed by atoms with Crippen molar-refractivity contribution in [1.82, 2.24) is 15.6 Å². The van der Waals surface area contributed by atoms with E-state index in [-0.39, 0.29) is 12.6 Å². The van der Waals surface area contributed by atoms with Crippen molar-refractivity contribution < 1.29 is 14.3 Å². The molecule has 1 aliphatic heterocycles. The van der Waals surface area contributed by atoms with Gasteiger partial charge in [-0.15, -0.1) is 0 Å². The van der Waals surface area contributed by atoms with Crippen LogP contribution in [0.25, 0.3) is 0 Å². The highest BCUT2D eigenvalue weighted by Gasteiger charge is 2.32. The SMILES string of the molecule is CCOC(=O)C1=C(C)NC(=O)NC1c1ccc(Cl)nc1. The van der Waals surface area contributed by atoms with Gasteiger partial charge in [0.05, 0.1) is 18.2 Å². The molecule has 1 atom stereocenters. The number of urea groups is 1. The van der Waals surface area contributed by atoms with Crippen LogP contribution in [0.5, 0.6) is 0 Å². The maximum Gasteiger partial charge on any atom is 0.338 e. The van der Waals surface area contributed by atoms with Crippen molar-refractivity contribution in [3.05, 3.63) is 40.3 Å². The van der Waals surface area contributed by atoms with Gasteiger partial charge in [-0.1, -0.05) is 17.7 Å². The number of hydrogen-bond donors (Lipinski definition) is 2. The lowest BCUT2D eigenvalue weighted by Crippen LogP contribution is -2.45. The Morgan fingerprint density at radius 3 is 2.85 bits per heavy atom. The molecule has 6 nitrogen and oxygen atoms in total. The lowest BCUT2D eigenvalue weighted by atomic mass is 9.97. The van der Waals surface area contributed by atoms with Crippen LogP contribution in [0, 0.1) is 0 Å². The fourth-order valence-corrected chi connectivity index (χ4v) is 2.09. The molecule has 106 valence electrons. The third kappa shape index (κ3) is 2.91. The Bertz CT molecular complexity index is 569. The first-order chi connectivity index (χ1) is 9.52. The van der Waals surface area contributed by atoms with Crippen LogP contribution in [0.2, 0.25) is 5.15 Å². The van der Waals surface area contributed by atoms with Crippen LogP contribution in [0.15, 0.2) is 29.6 Å². The number of allylic oxidation sites excluding steroid dienone is 1. The summed E-state index contributed by atoms with van der Waals surface area (Å²) in [6.45, 7) is 3.64. The van der Waals surface area contributed by atoms with Crippen molar-refractivity contribution in [1.29, 1.82) is 0 Å². The molecule has 2 N–H and O–H groups in total. The first kappa shape index (κ1) is 14.3. The summed E-state index contributed by atoms with van der Waals surface area (Å²) in [6, 6.07) is 2.32. The van der Waals surface area contributed by atoms with Crippen molar-refractivity contribution in [3.63, 3.8) is 0 Å². The number of esters is 1. The molecule has 2 amide bonds. The van der Waals surface area contributed by atoms with E-state index in [4.69, 9.17) is 16.3 Å². The minimum Gasteiger partial charge on any atom is -0.463 e. The Labute approximate surface area is 121 Å². The second-order valence-electron chi connectivity index (χ2n) is 4.20. The molecule has 1 unspecified atom stereocenters. The minimum absolute atomic E-state index is 0.259. The Kier molecular flexibility index (Phi) is 4.24. The summed E-state index contributed by atoms with van der Waals surface area (Å²) >= 11 is 5.74. The summed E-state index contributed by atoms with van der Waals surface area (Å²) in [5.74, 6) is -0.475. The largest absolute Gasteiger partial charge is 0.463 e. The number of carbonyl (C=O) groups excluding carboxylic acids is 2. The molecule has 0 radical (unpaired) electrons. The molecule has 1 aromatic rings. The average molecular weight is 296 g/mol. The van der Waals surface area contributed by atoms with E-state index in [2.05, 4.69) is 15.6 Å². The summed E-state index contributed by atoms with van der Waals surface area (Å²) in [4.78, 5) is 27.6. The first-order valence-corrected chi connectivity index (χ1v) is 6.47. The molecule has 0 aromatic carbocycles. The normalized spacial score (nSPS) is 18.4. The number of amides is 2. The smallest absolute Gasteiger partial charge is 0.338 e. The van der Waals surface area contributed by atoms with Crippen LogP contribution in [0.1, 0.15) is 25.5 Å². The van der Waals surface area contributed by atoms with Gasteiger partial charge < -0.3 is 15.4 Å². The van der Waals surface area contributed by atoms with E-state index >= 15 is 0 Å². The zero-order valence-electron chi connectivity index (χ0n) is 11.1. The highest BCUT2D eigenvalue weighted by Crippen LogP contribution is 2.27. The van der Waals surface area contributed by atoms with E-state index in [9.17, 15) is 9.59 Å². The second kappa shape index (κ2) is 5.92.